The molecule has 3 N–H and O–H groups in total. The Balaban J connectivity index is 0.000000171. The van der Waals surface area contributed by atoms with Gasteiger partial charge in [-0.2, -0.15) is 0 Å². The lowest BCUT2D eigenvalue weighted by molar-refractivity contribution is -0.137. The average molecular weight is 435 g/mol. The summed E-state index contributed by atoms with van der Waals surface area (Å²) in [7, 11) is 0. The summed E-state index contributed by atoms with van der Waals surface area (Å²) in [5.74, 6) is 0.402. The van der Waals surface area contributed by atoms with Crippen molar-refractivity contribution in [1.82, 2.24) is 10.2 Å². The van der Waals surface area contributed by atoms with Gasteiger partial charge in [0.1, 0.15) is 0 Å². The van der Waals surface area contributed by atoms with Gasteiger partial charge in [0.05, 0.1) is 12.2 Å². The first kappa shape index (κ1) is 24.5. The number of aliphatic hydroxyl groups excluding tert-OH is 2. The number of rotatable bonds is 2. The number of carbonyl (C=O) groups is 2. The van der Waals surface area contributed by atoms with E-state index in [-0.39, 0.29) is 35.2 Å². The van der Waals surface area contributed by atoms with E-state index in [4.69, 9.17) is 26.2 Å². The van der Waals surface area contributed by atoms with Crippen LogP contribution in [0, 0.1) is 11.8 Å². The lowest BCUT2D eigenvalue weighted by atomic mass is 9.99. The molecule has 0 aromatic carbocycles. The molecule has 0 bridgehead atoms. The van der Waals surface area contributed by atoms with Crippen LogP contribution in [0.15, 0.2) is 0 Å². The molecule has 1 amide bonds. The molecule has 2 atom stereocenters. The molecule has 0 saturated carbocycles. The van der Waals surface area contributed by atoms with Gasteiger partial charge in [0, 0.05) is 57.9 Å². The molecule has 4 aliphatic rings. The van der Waals surface area contributed by atoms with E-state index in [0.29, 0.717) is 33.0 Å². The first-order valence-corrected chi connectivity index (χ1v) is 11.1. The second-order valence-electron chi connectivity index (χ2n) is 7.95. The van der Waals surface area contributed by atoms with Crippen molar-refractivity contribution in [1.29, 1.82) is 0 Å². The summed E-state index contributed by atoms with van der Waals surface area (Å²) in [6.45, 7) is 5.79. The molecule has 0 aromatic heterocycles. The standard InChI is InChI=1S/C10H17NO3.C6H9ClO2.C4H9NO/c12-9-1-4-11(7-9)10(13)8-2-5-14-6-3-8;7-6(8)5-1-3-9-4-2-5;6-4-1-2-5-3-4/h8-9,12H,1-7H2;5H,1-4H2;4-6H,1-3H2/t9-;;4-/m0.0/s1. The lowest BCUT2D eigenvalue weighted by Crippen LogP contribution is -2.37. The third kappa shape index (κ3) is 9.27. The van der Waals surface area contributed by atoms with Crippen LogP contribution >= 0.6 is 11.6 Å². The fraction of sp³-hybridized carbons (Fsp3) is 0.900. The van der Waals surface area contributed by atoms with Gasteiger partial charge in [-0.05, 0) is 56.7 Å². The molecule has 29 heavy (non-hydrogen) atoms. The fourth-order valence-electron chi connectivity index (χ4n) is 3.71. The van der Waals surface area contributed by atoms with E-state index < -0.39 is 0 Å². The molecular formula is C20H35ClN2O6. The molecule has 4 rings (SSSR count). The molecule has 4 heterocycles. The van der Waals surface area contributed by atoms with Crippen molar-refractivity contribution in [3.63, 3.8) is 0 Å². The highest BCUT2D eigenvalue weighted by atomic mass is 35.5. The van der Waals surface area contributed by atoms with E-state index in [2.05, 4.69) is 5.32 Å². The summed E-state index contributed by atoms with van der Waals surface area (Å²) in [5, 5.41) is 20.8. The highest BCUT2D eigenvalue weighted by Gasteiger charge is 2.30. The smallest absolute Gasteiger partial charge is 0.225 e. The minimum atomic E-state index is -0.307. The van der Waals surface area contributed by atoms with Gasteiger partial charge in [-0.3, -0.25) is 9.59 Å². The maximum Gasteiger partial charge on any atom is 0.225 e. The first-order valence-electron chi connectivity index (χ1n) is 10.7. The van der Waals surface area contributed by atoms with Crippen molar-refractivity contribution in [2.45, 2.75) is 50.7 Å². The van der Waals surface area contributed by atoms with Crippen molar-refractivity contribution >= 4 is 22.8 Å². The number of hydrogen-bond acceptors (Lipinski definition) is 7. The van der Waals surface area contributed by atoms with E-state index in [1.54, 1.807) is 4.90 Å². The number of amides is 1. The maximum atomic E-state index is 11.9. The number of aliphatic hydroxyl groups is 2. The van der Waals surface area contributed by atoms with Gasteiger partial charge in [0.15, 0.2) is 0 Å². The molecule has 9 heteroatoms. The minimum absolute atomic E-state index is 0.0559. The Morgan fingerprint density at radius 2 is 1.45 bits per heavy atom. The molecule has 0 aromatic rings. The molecule has 4 fully saturated rings. The molecular weight excluding hydrogens is 400 g/mol. The highest BCUT2D eigenvalue weighted by molar-refractivity contribution is 6.63. The second-order valence-corrected chi connectivity index (χ2v) is 8.32. The number of ether oxygens (including phenoxy) is 2. The van der Waals surface area contributed by atoms with Gasteiger partial charge in [-0.15, -0.1) is 0 Å². The maximum absolute atomic E-state index is 11.9. The number of nitrogens with zero attached hydrogens (tertiary/aromatic N) is 1. The Morgan fingerprint density at radius 1 is 0.862 bits per heavy atom. The Hall–Kier alpha value is -0.770. The van der Waals surface area contributed by atoms with Crippen LogP contribution in [-0.2, 0) is 19.1 Å². The number of likely N-dealkylation sites (tertiary alicyclic amines) is 1. The Bertz CT molecular complexity index is 485. The predicted molar refractivity (Wildman–Crippen MR) is 109 cm³/mol. The van der Waals surface area contributed by atoms with Gasteiger partial charge in [-0.25, -0.2) is 0 Å². The minimum Gasteiger partial charge on any atom is -0.392 e. The van der Waals surface area contributed by atoms with Crippen LogP contribution in [0.1, 0.15) is 38.5 Å². The Morgan fingerprint density at radius 3 is 1.79 bits per heavy atom. The van der Waals surface area contributed by atoms with Crippen molar-refractivity contribution in [3.8, 4) is 0 Å². The van der Waals surface area contributed by atoms with Crippen LogP contribution in [0.5, 0.6) is 0 Å². The third-order valence-corrected chi connectivity index (χ3v) is 5.93. The molecule has 0 radical (unpaired) electrons. The van der Waals surface area contributed by atoms with Crippen LogP contribution in [0.3, 0.4) is 0 Å². The number of β-amino-alcohol motifs (C(OH)–C–C–N with tert-alkyl or cyclic N) is 2. The van der Waals surface area contributed by atoms with Crippen LogP contribution < -0.4 is 5.32 Å². The summed E-state index contributed by atoms with van der Waals surface area (Å²) in [4.78, 5) is 24.2. The molecule has 0 aliphatic carbocycles. The van der Waals surface area contributed by atoms with E-state index in [1.807, 2.05) is 0 Å². The number of halogens is 1. The van der Waals surface area contributed by atoms with E-state index in [9.17, 15) is 14.7 Å². The van der Waals surface area contributed by atoms with Gasteiger partial charge in [-0.1, -0.05) is 0 Å². The van der Waals surface area contributed by atoms with Crippen molar-refractivity contribution in [2.24, 2.45) is 11.8 Å². The number of hydrogen-bond donors (Lipinski definition) is 3. The largest absolute Gasteiger partial charge is 0.392 e. The van der Waals surface area contributed by atoms with E-state index in [1.165, 1.54) is 0 Å². The quantitative estimate of drug-likeness (QED) is 0.544. The molecule has 8 nitrogen and oxygen atoms in total. The first-order chi connectivity index (χ1) is 14.0. The third-order valence-electron chi connectivity index (χ3n) is 5.62. The average Bonchev–Trinajstić information content (AvgIpc) is 3.41. The van der Waals surface area contributed by atoms with E-state index >= 15 is 0 Å². The fourth-order valence-corrected chi connectivity index (χ4v) is 3.93. The van der Waals surface area contributed by atoms with Gasteiger partial charge < -0.3 is 29.9 Å². The predicted octanol–water partition coefficient (Wildman–Crippen LogP) is 0.525. The van der Waals surface area contributed by atoms with Crippen LogP contribution in [0.4, 0.5) is 0 Å². The Labute approximate surface area is 177 Å². The zero-order valence-corrected chi connectivity index (χ0v) is 17.8. The molecule has 168 valence electrons. The second kappa shape index (κ2) is 13.5. The normalized spacial score (nSPS) is 28.2. The molecule has 0 spiro atoms. The molecule has 0 unspecified atom stereocenters. The summed E-state index contributed by atoms with van der Waals surface area (Å²) in [6, 6.07) is 0. The molecule has 4 aliphatic heterocycles. The SMILES string of the molecule is O=C(C1CCOCC1)N1CC[C@H](O)C1.O=C(Cl)C1CCOCC1.O[C@H]1CCNC1. The van der Waals surface area contributed by atoms with Crippen molar-refractivity contribution in [2.75, 3.05) is 52.6 Å². The Kier molecular flexibility index (Phi) is 11.4. The van der Waals surface area contributed by atoms with E-state index in [0.717, 1.165) is 58.2 Å². The topological polar surface area (TPSA) is 108 Å². The number of carbonyl (C=O) groups excluding carboxylic acids is 2. The zero-order chi connectivity index (χ0) is 21.1. The highest BCUT2D eigenvalue weighted by Crippen LogP contribution is 2.20. The van der Waals surface area contributed by atoms with Gasteiger partial charge >= 0.3 is 0 Å². The number of nitrogens with one attached hydrogen (secondary N) is 1. The van der Waals surface area contributed by atoms with Gasteiger partial charge in [0.25, 0.3) is 0 Å². The monoisotopic (exact) mass is 434 g/mol. The zero-order valence-electron chi connectivity index (χ0n) is 17.1. The van der Waals surface area contributed by atoms with Crippen LogP contribution in [-0.4, -0.2) is 91.1 Å². The molecule has 4 saturated heterocycles. The summed E-state index contributed by atoms with van der Waals surface area (Å²) in [6.07, 6.45) is 4.56. The summed E-state index contributed by atoms with van der Waals surface area (Å²) < 4.78 is 10.3. The van der Waals surface area contributed by atoms with Crippen molar-refractivity contribution in [3.05, 3.63) is 0 Å². The summed E-state index contributed by atoms with van der Waals surface area (Å²) in [5.41, 5.74) is 0. The lowest BCUT2D eigenvalue weighted by Gasteiger charge is -2.26. The van der Waals surface area contributed by atoms with Crippen molar-refractivity contribution < 1.29 is 29.3 Å². The van der Waals surface area contributed by atoms with Crippen LogP contribution in [0.25, 0.3) is 0 Å². The van der Waals surface area contributed by atoms with Gasteiger partial charge in [0.2, 0.25) is 11.1 Å². The summed E-state index contributed by atoms with van der Waals surface area (Å²) >= 11 is 5.26. The van der Waals surface area contributed by atoms with Crippen LogP contribution in [0.2, 0.25) is 0 Å².